The van der Waals surface area contributed by atoms with Gasteiger partial charge in [-0.25, -0.2) is 0 Å². The first kappa shape index (κ1) is 21.1. The standard InChI is InChI=1S/C22H27ClN4O2/c1-4-21(28)25-11-13-26(14-12-25)22(29)10-9-19-16(2)24-27(17(19)3)15-18-7-5-6-8-20(18)23/h5-10H,4,11-15H2,1-3H3/b10-9+. The van der Waals surface area contributed by atoms with Crippen molar-refractivity contribution in [3.63, 3.8) is 0 Å². The zero-order valence-corrected chi connectivity index (χ0v) is 17.9. The van der Waals surface area contributed by atoms with Gasteiger partial charge in [-0.3, -0.25) is 14.3 Å². The van der Waals surface area contributed by atoms with E-state index in [0.29, 0.717) is 44.2 Å². The Kier molecular flexibility index (Phi) is 6.75. The lowest BCUT2D eigenvalue weighted by Gasteiger charge is -2.34. The summed E-state index contributed by atoms with van der Waals surface area (Å²) in [5.41, 5.74) is 3.82. The Morgan fingerprint density at radius 3 is 2.41 bits per heavy atom. The van der Waals surface area contributed by atoms with Crippen LogP contribution in [-0.4, -0.2) is 57.6 Å². The van der Waals surface area contributed by atoms with E-state index in [4.69, 9.17) is 11.6 Å². The summed E-state index contributed by atoms with van der Waals surface area (Å²) in [6, 6.07) is 7.72. The van der Waals surface area contributed by atoms with Crippen LogP contribution in [0.4, 0.5) is 0 Å². The lowest BCUT2D eigenvalue weighted by molar-refractivity contribution is -0.136. The molecule has 1 aliphatic rings. The second-order valence-corrected chi connectivity index (χ2v) is 7.63. The number of hydrogen-bond donors (Lipinski definition) is 0. The van der Waals surface area contributed by atoms with Crippen molar-refractivity contribution in [2.75, 3.05) is 26.2 Å². The zero-order chi connectivity index (χ0) is 21.0. The number of rotatable bonds is 5. The average Bonchev–Trinajstić information content (AvgIpc) is 3.00. The molecule has 2 amide bonds. The van der Waals surface area contributed by atoms with Crippen molar-refractivity contribution in [3.8, 4) is 0 Å². The first-order chi connectivity index (χ1) is 13.9. The molecule has 29 heavy (non-hydrogen) atoms. The van der Waals surface area contributed by atoms with Crippen molar-refractivity contribution < 1.29 is 9.59 Å². The summed E-state index contributed by atoms with van der Waals surface area (Å²) < 4.78 is 1.91. The summed E-state index contributed by atoms with van der Waals surface area (Å²) in [7, 11) is 0. The number of piperazine rings is 1. The molecule has 154 valence electrons. The minimum Gasteiger partial charge on any atom is -0.339 e. The highest BCUT2D eigenvalue weighted by atomic mass is 35.5. The molecule has 0 N–H and O–H groups in total. The summed E-state index contributed by atoms with van der Waals surface area (Å²) in [5.74, 6) is 0.107. The Balaban J connectivity index is 1.66. The van der Waals surface area contributed by atoms with E-state index in [1.54, 1.807) is 11.0 Å². The molecule has 0 bridgehead atoms. The topological polar surface area (TPSA) is 58.4 Å². The van der Waals surface area contributed by atoms with Crippen LogP contribution in [0, 0.1) is 13.8 Å². The third kappa shape index (κ3) is 4.88. The summed E-state index contributed by atoms with van der Waals surface area (Å²) in [4.78, 5) is 28.0. The second-order valence-electron chi connectivity index (χ2n) is 7.23. The van der Waals surface area contributed by atoms with Crippen molar-refractivity contribution in [1.29, 1.82) is 0 Å². The molecule has 7 heteroatoms. The van der Waals surface area contributed by atoms with Crippen LogP contribution in [-0.2, 0) is 16.1 Å². The fourth-order valence-electron chi connectivity index (χ4n) is 3.55. The van der Waals surface area contributed by atoms with E-state index in [2.05, 4.69) is 5.10 Å². The molecule has 1 aliphatic heterocycles. The highest BCUT2D eigenvalue weighted by Gasteiger charge is 2.22. The van der Waals surface area contributed by atoms with E-state index in [1.807, 2.05) is 60.7 Å². The van der Waals surface area contributed by atoms with Crippen LogP contribution in [0.5, 0.6) is 0 Å². The van der Waals surface area contributed by atoms with Gasteiger partial charge in [0, 0.05) is 55.0 Å². The Morgan fingerprint density at radius 1 is 1.10 bits per heavy atom. The summed E-state index contributed by atoms with van der Waals surface area (Å²) >= 11 is 6.27. The molecule has 1 fully saturated rings. The van der Waals surface area contributed by atoms with Crippen LogP contribution in [0.15, 0.2) is 30.3 Å². The largest absolute Gasteiger partial charge is 0.339 e. The van der Waals surface area contributed by atoms with Crippen molar-refractivity contribution in [2.24, 2.45) is 0 Å². The number of nitrogens with zero attached hydrogens (tertiary/aromatic N) is 4. The first-order valence-corrected chi connectivity index (χ1v) is 10.3. The van der Waals surface area contributed by atoms with Gasteiger partial charge < -0.3 is 9.80 Å². The van der Waals surface area contributed by atoms with Crippen LogP contribution in [0.2, 0.25) is 5.02 Å². The third-order valence-electron chi connectivity index (χ3n) is 5.35. The van der Waals surface area contributed by atoms with E-state index in [-0.39, 0.29) is 11.8 Å². The Morgan fingerprint density at radius 2 is 1.76 bits per heavy atom. The molecular formula is C22H27ClN4O2. The molecule has 1 aromatic carbocycles. The van der Waals surface area contributed by atoms with Crippen molar-refractivity contribution >= 4 is 29.5 Å². The molecule has 0 saturated carbocycles. The zero-order valence-electron chi connectivity index (χ0n) is 17.2. The Bertz CT molecular complexity index is 927. The average molecular weight is 415 g/mol. The van der Waals surface area contributed by atoms with E-state index in [0.717, 1.165) is 22.5 Å². The Labute approximate surface area is 176 Å². The van der Waals surface area contributed by atoms with Gasteiger partial charge in [-0.05, 0) is 31.6 Å². The maximum Gasteiger partial charge on any atom is 0.246 e. The normalized spacial score (nSPS) is 14.6. The number of aromatic nitrogens is 2. The molecule has 0 spiro atoms. The smallest absolute Gasteiger partial charge is 0.246 e. The van der Waals surface area contributed by atoms with Crippen LogP contribution >= 0.6 is 11.6 Å². The van der Waals surface area contributed by atoms with Gasteiger partial charge in [0.15, 0.2) is 0 Å². The lowest BCUT2D eigenvalue weighted by atomic mass is 10.1. The highest BCUT2D eigenvalue weighted by Crippen LogP contribution is 2.20. The monoisotopic (exact) mass is 414 g/mol. The van der Waals surface area contributed by atoms with Crippen LogP contribution in [0.25, 0.3) is 6.08 Å². The fraction of sp³-hybridized carbons (Fsp3) is 0.409. The molecule has 0 atom stereocenters. The van der Waals surface area contributed by atoms with Gasteiger partial charge in [0.1, 0.15) is 0 Å². The third-order valence-corrected chi connectivity index (χ3v) is 5.72. The lowest BCUT2D eigenvalue weighted by Crippen LogP contribution is -2.50. The van der Waals surface area contributed by atoms with Gasteiger partial charge >= 0.3 is 0 Å². The number of halogens is 1. The molecule has 0 unspecified atom stereocenters. The maximum absolute atomic E-state index is 12.6. The molecule has 2 aromatic rings. The van der Waals surface area contributed by atoms with Gasteiger partial charge in [-0.15, -0.1) is 0 Å². The van der Waals surface area contributed by atoms with Gasteiger partial charge in [-0.2, -0.15) is 5.10 Å². The van der Waals surface area contributed by atoms with E-state index in [9.17, 15) is 9.59 Å². The van der Waals surface area contributed by atoms with Crippen molar-refractivity contribution in [1.82, 2.24) is 19.6 Å². The number of amides is 2. The Hall–Kier alpha value is -2.60. The van der Waals surface area contributed by atoms with Gasteiger partial charge in [0.2, 0.25) is 11.8 Å². The van der Waals surface area contributed by atoms with Gasteiger partial charge in [0.25, 0.3) is 0 Å². The first-order valence-electron chi connectivity index (χ1n) is 9.93. The van der Waals surface area contributed by atoms with Gasteiger partial charge in [-0.1, -0.05) is 36.7 Å². The van der Waals surface area contributed by atoms with E-state index in [1.165, 1.54) is 0 Å². The number of hydrogen-bond acceptors (Lipinski definition) is 3. The van der Waals surface area contributed by atoms with E-state index >= 15 is 0 Å². The molecule has 1 saturated heterocycles. The summed E-state index contributed by atoms with van der Waals surface area (Å²) in [6.45, 7) is 8.71. The van der Waals surface area contributed by atoms with E-state index < -0.39 is 0 Å². The minimum atomic E-state index is -0.0359. The minimum absolute atomic E-state index is 0.0359. The molecule has 1 aromatic heterocycles. The van der Waals surface area contributed by atoms with Crippen LogP contribution in [0.3, 0.4) is 0 Å². The molecule has 0 aliphatic carbocycles. The van der Waals surface area contributed by atoms with Crippen molar-refractivity contribution in [2.45, 2.75) is 33.7 Å². The SMILES string of the molecule is CCC(=O)N1CCN(C(=O)/C=C/c2c(C)nn(Cc3ccccc3Cl)c2C)CC1. The molecular weight excluding hydrogens is 388 g/mol. The highest BCUT2D eigenvalue weighted by molar-refractivity contribution is 6.31. The molecule has 0 radical (unpaired) electrons. The predicted molar refractivity (Wildman–Crippen MR) is 115 cm³/mol. The van der Waals surface area contributed by atoms with Gasteiger partial charge in [0.05, 0.1) is 12.2 Å². The summed E-state index contributed by atoms with van der Waals surface area (Å²) in [5, 5.41) is 5.33. The quantitative estimate of drug-likeness (QED) is 0.705. The number of carbonyl (C=O) groups excluding carboxylic acids is 2. The summed E-state index contributed by atoms with van der Waals surface area (Å²) in [6.07, 6.45) is 3.95. The molecule has 2 heterocycles. The number of aryl methyl sites for hydroxylation is 1. The van der Waals surface area contributed by atoms with Crippen LogP contribution < -0.4 is 0 Å². The number of carbonyl (C=O) groups is 2. The van der Waals surface area contributed by atoms with Crippen LogP contribution in [0.1, 0.15) is 35.9 Å². The maximum atomic E-state index is 12.6. The molecule has 3 rings (SSSR count). The molecule has 6 nitrogen and oxygen atoms in total. The fourth-order valence-corrected chi connectivity index (χ4v) is 3.75. The second kappa shape index (κ2) is 9.27. The predicted octanol–water partition coefficient (Wildman–Crippen LogP) is 3.30. The van der Waals surface area contributed by atoms with Crippen molar-refractivity contribution in [3.05, 3.63) is 57.9 Å². The number of benzene rings is 1.